The Labute approximate surface area is 112 Å². The number of benzene rings is 1. The molecule has 4 nitrogen and oxygen atoms in total. The molecule has 1 aromatic heterocycles. The minimum Gasteiger partial charge on any atom is -0.478 e. The molecule has 0 aliphatic rings. The fraction of sp³-hybridized carbons (Fsp3) is 0.400. The second-order valence-electron chi connectivity index (χ2n) is 5.36. The van der Waals surface area contributed by atoms with E-state index < -0.39 is 5.97 Å². The molecule has 1 N–H and O–H groups in total. The number of carboxylic acids is 1. The molecule has 0 saturated carbocycles. The van der Waals surface area contributed by atoms with Crippen molar-refractivity contribution in [1.82, 2.24) is 4.57 Å². The summed E-state index contributed by atoms with van der Waals surface area (Å²) in [5, 5.41) is 10.2. The number of methoxy groups -OCH3 is 1. The third-order valence-electron chi connectivity index (χ3n) is 3.43. The van der Waals surface area contributed by atoms with Crippen molar-refractivity contribution >= 4 is 16.9 Å². The van der Waals surface area contributed by atoms with Crippen molar-refractivity contribution < 1.29 is 14.6 Å². The fourth-order valence-corrected chi connectivity index (χ4v) is 2.84. The second-order valence-corrected chi connectivity index (χ2v) is 5.36. The maximum Gasteiger partial charge on any atom is 0.338 e. The number of aromatic carboxylic acids is 1. The molecule has 19 heavy (non-hydrogen) atoms. The van der Waals surface area contributed by atoms with Gasteiger partial charge in [0, 0.05) is 23.7 Å². The minimum absolute atomic E-state index is 0.299. The molecule has 0 aliphatic heterocycles. The number of rotatable bonds is 4. The molecular weight excluding hydrogens is 242 g/mol. The van der Waals surface area contributed by atoms with E-state index in [0.29, 0.717) is 12.2 Å². The molecule has 0 radical (unpaired) electrons. The van der Waals surface area contributed by atoms with Gasteiger partial charge in [-0.2, -0.15) is 0 Å². The van der Waals surface area contributed by atoms with Gasteiger partial charge < -0.3 is 14.4 Å². The molecule has 102 valence electrons. The van der Waals surface area contributed by atoms with Crippen molar-refractivity contribution in [2.45, 2.75) is 26.3 Å². The summed E-state index contributed by atoms with van der Waals surface area (Å²) < 4.78 is 7.32. The highest BCUT2D eigenvalue weighted by atomic mass is 16.5. The van der Waals surface area contributed by atoms with E-state index in [1.165, 1.54) is 0 Å². The summed E-state index contributed by atoms with van der Waals surface area (Å²) in [6.45, 7) is 6.45. The van der Waals surface area contributed by atoms with Gasteiger partial charge in [0.15, 0.2) is 0 Å². The lowest BCUT2D eigenvalue weighted by atomic mass is 10.1. The maximum atomic E-state index is 11.5. The first-order valence-electron chi connectivity index (χ1n) is 6.23. The Bertz CT molecular complexity index is 626. The average molecular weight is 261 g/mol. The maximum absolute atomic E-state index is 11.5. The molecule has 0 spiro atoms. The third-order valence-corrected chi connectivity index (χ3v) is 3.43. The number of hydrogen-bond donors (Lipinski definition) is 1. The largest absolute Gasteiger partial charge is 0.478 e. The predicted molar refractivity (Wildman–Crippen MR) is 74.8 cm³/mol. The average Bonchev–Trinajstić information content (AvgIpc) is 2.61. The zero-order valence-electron chi connectivity index (χ0n) is 11.7. The first-order chi connectivity index (χ1) is 8.90. The summed E-state index contributed by atoms with van der Waals surface area (Å²) in [6.07, 6.45) is 0. The Balaban J connectivity index is 2.81. The lowest BCUT2D eigenvalue weighted by Crippen LogP contribution is -2.32. The lowest BCUT2D eigenvalue weighted by Gasteiger charge is -2.29. The summed E-state index contributed by atoms with van der Waals surface area (Å²) in [5.41, 5.74) is 1.77. The van der Waals surface area contributed by atoms with Gasteiger partial charge in [0.05, 0.1) is 17.7 Å². The summed E-state index contributed by atoms with van der Waals surface area (Å²) in [5.74, 6) is -0.888. The van der Waals surface area contributed by atoms with Crippen LogP contribution in [0, 0.1) is 6.92 Å². The van der Waals surface area contributed by atoms with Crippen LogP contribution in [0.3, 0.4) is 0 Å². The monoisotopic (exact) mass is 261 g/mol. The Morgan fingerprint density at radius 1 is 1.37 bits per heavy atom. The molecule has 1 aromatic carbocycles. The predicted octanol–water partition coefficient (Wildman–Crippen LogP) is 3.03. The van der Waals surface area contributed by atoms with Gasteiger partial charge in [-0.3, -0.25) is 0 Å². The number of carboxylic acid groups (broad SMARTS) is 1. The molecule has 2 rings (SSSR count). The van der Waals surface area contributed by atoms with E-state index in [2.05, 4.69) is 4.57 Å². The Hall–Kier alpha value is -1.81. The van der Waals surface area contributed by atoms with Crippen molar-refractivity contribution in [2.24, 2.45) is 0 Å². The van der Waals surface area contributed by atoms with Crippen molar-refractivity contribution in [3.05, 3.63) is 35.5 Å². The SMILES string of the molecule is COCC(C)(C)n1c(C)c(C(=O)O)c2ccccc21. The van der Waals surface area contributed by atoms with E-state index in [4.69, 9.17) is 4.74 Å². The number of aromatic nitrogens is 1. The van der Waals surface area contributed by atoms with Crippen LogP contribution in [0.25, 0.3) is 10.9 Å². The zero-order chi connectivity index (χ0) is 14.2. The van der Waals surface area contributed by atoms with E-state index in [1.807, 2.05) is 45.0 Å². The van der Waals surface area contributed by atoms with Gasteiger partial charge in [-0.1, -0.05) is 18.2 Å². The first kappa shape index (κ1) is 13.6. The van der Waals surface area contributed by atoms with Crippen molar-refractivity contribution in [2.75, 3.05) is 13.7 Å². The van der Waals surface area contributed by atoms with Crippen LogP contribution < -0.4 is 0 Å². The molecule has 1 heterocycles. The Morgan fingerprint density at radius 2 is 2.00 bits per heavy atom. The highest BCUT2D eigenvalue weighted by Gasteiger charge is 2.28. The first-order valence-corrected chi connectivity index (χ1v) is 6.23. The number of fused-ring (bicyclic) bond motifs is 1. The van der Waals surface area contributed by atoms with Gasteiger partial charge in [0.1, 0.15) is 0 Å². The zero-order valence-corrected chi connectivity index (χ0v) is 11.7. The van der Waals surface area contributed by atoms with E-state index in [0.717, 1.165) is 16.6 Å². The van der Waals surface area contributed by atoms with Gasteiger partial charge in [-0.05, 0) is 26.8 Å². The number of hydrogen-bond acceptors (Lipinski definition) is 2. The van der Waals surface area contributed by atoms with Crippen LogP contribution >= 0.6 is 0 Å². The molecule has 0 fully saturated rings. The topological polar surface area (TPSA) is 51.5 Å². The highest BCUT2D eigenvalue weighted by molar-refractivity contribution is 6.05. The standard InChI is InChI=1S/C15H19NO3/c1-10-13(14(17)18)11-7-5-6-8-12(11)16(10)15(2,3)9-19-4/h5-8H,9H2,1-4H3,(H,17,18). The van der Waals surface area contributed by atoms with Gasteiger partial charge in [-0.25, -0.2) is 4.79 Å². The fourth-order valence-electron chi connectivity index (χ4n) is 2.84. The smallest absolute Gasteiger partial charge is 0.338 e. The molecule has 0 amide bonds. The van der Waals surface area contributed by atoms with E-state index in [-0.39, 0.29) is 5.54 Å². The molecule has 0 atom stereocenters. The molecule has 2 aromatic rings. The summed E-state index contributed by atoms with van der Waals surface area (Å²) in [7, 11) is 1.65. The van der Waals surface area contributed by atoms with E-state index >= 15 is 0 Å². The number of carbonyl (C=O) groups is 1. The summed E-state index contributed by atoms with van der Waals surface area (Å²) in [6, 6.07) is 7.59. The third kappa shape index (κ3) is 2.12. The Morgan fingerprint density at radius 3 is 2.58 bits per heavy atom. The van der Waals surface area contributed by atoms with Gasteiger partial charge in [0.2, 0.25) is 0 Å². The van der Waals surface area contributed by atoms with Crippen LogP contribution in [0.1, 0.15) is 29.9 Å². The molecule has 4 heteroatoms. The van der Waals surface area contributed by atoms with E-state index in [1.54, 1.807) is 7.11 Å². The summed E-state index contributed by atoms with van der Waals surface area (Å²) >= 11 is 0. The van der Waals surface area contributed by atoms with Gasteiger partial charge in [-0.15, -0.1) is 0 Å². The lowest BCUT2D eigenvalue weighted by molar-refractivity contribution is 0.0696. The molecule has 0 unspecified atom stereocenters. The normalized spacial score (nSPS) is 12.0. The second kappa shape index (κ2) is 4.70. The van der Waals surface area contributed by atoms with Crippen molar-refractivity contribution in [1.29, 1.82) is 0 Å². The quantitative estimate of drug-likeness (QED) is 0.920. The van der Waals surface area contributed by atoms with Crippen LogP contribution in [0.15, 0.2) is 24.3 Å². The molecule has 0 aliphatic carbocycles. The van der Waals surface area contributed by atoms with E-state index in [9.17, 15) is 9.90 Å². The van der Waals surface area contributed by atoms with Crippen molar-refractivity contribution in [3.8, 4) is 0 Å². The van der Waals surface area contributed by atoms with Crippen LogP contribution in [0.2, 0.25) is 0 Å². The van der Waals surface area contributed by atoms with Gasteiger partial charge in [0.25, 0.3) is 0 Å². The van der Waals surface area contributed by atoms with Crippen LogP contribution in [-0.4, -0.2) is 29.4 Å². The van der Waals surface area contributed by atoms with Gasteiger partial charge >= 0.3 is 5.97 Å². The van der Waals surface area contributed by atoms with Crippen LogP contribution in [-0.2, 0) is 10.3 Å². The minimum atomic E-state index is -0.888. The molecule has 0 saturated heterocycles. The molecular formula is C15H19NO3. The Kier molecular flexibility index (Phi) is 3.37. The molecule has 0 bridgehead atoms. The number of para-hydroxylation sites is 1. The number of nitrogens with zero attached hydrogens (tertiary/aromatic N) is 1. The summed E-state index contributed by atoms with van der Waals surface area (Å²) in [4.78, 5) is 11.5. The van der Waals surface area contributed by atoms with Crippen LogP contribution in [0.4, 0.5) is 0 Å². The van der Waals surface area contributed by atoms with Crippen LogP contribution in [0.5, 0.6) is 0 Å². The van der Waals surface area contributed by atoms with Crippen molar-refractivity contribution in [3.63, 3.8) is 0 Å². The highest BCUT2D eigenvalue weighted by Crippen LogP contribution is 2.31. The number of ether oxygens (including phenoxy) is 1.